The molecule has 2 aromatic rings. The summed E-state index contributed by atoms with van der Waals surface area (Å²) in [6, 6.07) is 13.7. The van der Waals surface area contributed by atoms with Gasteiger partial charge in [-0.3, -0.25) is 4.79 Å². The van der Waals surface area contributed by atoms with Crippen LogP contribution in [-0.2, 0) is 16.6 Å². The van der Waals surface area contributed by atoms with Crippen LogP contribution in [0.5, 0.6) is 0 Å². The molecule has 0 heterocycles. The van der Waals surface area contributed by atoms with Crippen LogP contribution >= 0.6 is 15.9 Å². The van der Waals surface area contributed by atoms with E-state index in [-0.39, 0.29) is 17.7 Å². The van der Waals surface area contributed by atoms with E-state index >= 15 is 0 Å². The second-order valence-electron chi connectivity index (χ2n) is 6.99. The minimum Gasteiger partial charge on any atom is -0.480 e. The zero-order valence-corrected chi connectivity index (χ0v) is 16.1. The van der Waals surface area contributed by atoms with Crippen molar-refractivity contribution in [3.63, 3.8) is 0 Å². The van der Waals surface area contributed by atoms with E-state index in [0.717, 1.165) is 15.6 Å². The molecule has 0 aliphatic carbocycles. The fourth-order valence-corrected chi connectivity index (χ4v) is 2.89. The van der Waals surface area contributed by atoms with Gasteiger partial charge in [-0.05, 0) is 34.7 Å². The predicted molar refractivity (Wildman–Crippen MR) is 102 cm³/mol. The number of aliphatic carboxylic acids is 1. The normalized spacial score (nSPS) is 12.5. The number of amides is 1. The molecule has 132 valence electrons. The van der Waals surface area contributed by atoms with Crippen molar-refractivity contribution in [2.75, 3.05) is 0 Å². The Morgan fingerprint density at radius 2 is 1.68 bits per heavy atom. The maximum atomic E-state index is 12.4. The first-order valence-electron chi connectivity index (χ1n) is 8.06. The minimum absolute atomic E-state index is 0.00179. The van der Waals surface area contributed by atoms with Crippen LogP contribution in [0.2, 0.25) is 0 Å². The lowest BCUT2D eigenvalue weighted by atomic mass is 9.86. The Kier molecular flexibility index (Phi) is 6.01. The maximum Gasteiger partial charge on any atom is 0.326 e. The first kappa shape index (κ1) is 19.2. The molecule has 4 nitrogen and oxygen atoms in total. The highest BCUT2D eigenvalue weighted by molar-refractivity contribution is 9.10. The Morgan fingerprint density at radius 1 is 1.08 bits per heavy atom. The fourth-order valence-electron chi connectivity index (χ4n) is 2.45. The Labute approximate surface area is 156 Å². The van der Waals surface area contributed by atoms with E-state index in [1.54, 1.807) is 12.1 Å². The van der Waals surface area contributed by atoms with Gasteiger partial charge >= 0.3 is 5.97 Å². The third-order valence-corrected chi connectivity index (χ3v) is 4.77. The van der Waals surface area contributed by atoms with Crippen molar-refractivity contribution >= 4 is 27.8 Å². The minimum atomic E-state index is -1.06. The average molecular weight is 404 g/mol. The quantitative estimate of drug-likeness (QED) is 0.786. The number of carboxylic acids is 1. The molecule has 5 heteroatoms. The molecule has 0 aliphatic heterocycles. The van der Waals surface area contributed by atoms with Gasteiger partial charge in [0.1, 0.15) is 6.04 Å². The van der Waals surface area contributed by atoms with Crippen molar-refractivity contribution in [1.29, 1.82) is 0 Å². The summed E-state index contributed by atoms with van der Waals surface area (Å²) in [5.41, 5.74) is 2.40. The lowest BCUT2D eigenvalue weighted by molar-refractivity contribution is -0.139. The van der Waals surface area contributed by atoms with Gasteiger partial charge < -0.3 is 10.4 Å². The molecule has 0 saturated carbocycles. The first-order valence-corrected chi connectivity index (χ1v) is 8.85. The number of hydrogen-bond acceptors (Lipinski definition) is 2. The summed E-state index contributed by atoms with van der Waals surface area (Å²) in [6.07, 6.45) is 0.211. The van der Waals surface area contributed by atoms with E-state index in [9.17, 15) is 14.7 Å². The lowest BCUT2D eigenvalue weighted by Gasteiger charge is -2.19. The molecule has 0 bridgehead atoms. The number of halogens is 1. The number of nitrogens with one attached hydrogen (secondary N) is 1. The van der Waals surface area contributed by atoms with E-state index in [0.29, 0.717) is 5.56 Å². The average Bonchev–Trinajstić information content (AvgIpc) is 2.55. The Bertz CT molecular complexity index is 763. The summed E-state index contributed by atoms with van der Waals surface area (Å²) in [4.78, 5) is 23.9. The van der Waals surface area contributed by atoms with Gasteiger partial charge in [-0.1, -0.05) is 67.0 Å². The topological polar surface area (TPSA) is 66.4 Å². The molecule has 0 aliphatic rings. The molecule has 0 fully saturated rings. The van der Waals surface area contributed by atoms with E-state index in [4.69, 9.17) is 0 Å². The monoisotopic (exact) mass is 403 g/mol. The molecule has 0 unspecified atom stereocenters. The van der Waals surface area contributed by atoms with Crippen LogP contribution in [0.25, 0.3) is 0 Å². The number of rotatable bonds is 5. The molecule has 0 saturated heterocycles. The fraction of sp³-hybridized carbons (Fsp3) is 0.300. The zero-order valence-electron chi connectivity index (χ0n) is 14.5. The van der Waals surface area contributed by atoms with Crippen LogP contribution in [-0.4, -0.2) is 23.0 Å². The van der Waals surface area contributed by atoms with Crippen LogP contribution in [0, 0.1) is 0 Å². The molecule has 25 heavy (non-hydrogen) atoms. The van der Waals surface area contributed by atoms with Gasteiger partial charge in [0, 0.05) is 16.5 Å². The second-order valence-corrected chi connectivity index (χ2v) is 7.84. The van der Waals surface area contributed by atoms with Gasteiger partial charge in [0.05, 0.1) is 0 Å². The summed E-state index contributed by atoms with van der Waals surface area (Å²) in [5.74, 6) is -1.45. The van der Waals surface area contributed by atoms with E-state index in [1.165, 1.54) is 0 Å². The molecule has 1 atom stereocenters. The summed E-state index contributed by atoms with van der Waals surface area (Å²) in [6.45, 7) is 6.29. The van der Waals surface area contributed by atoms with E-state index in [1.807, 2.05) is 36.4 Å². The summed E-state index contributed by atoms with van der Waals surface area (Å²) >= 11 is 3.41. The number of carbonyl (C=O) groups excluding carboxylic acids is 1. The largest absolute Gasteiger partial charge is 0.480 e. The molecule has 2 rings (SSSR count). The molecule has 0 spiro atoms. The molecule has 2 aromatic carbocycles. The molecular weight excluding hydrogens is 382 g/mol. The Hall–Kier alpha value is -2.14. The van der Waals surface area contributed by atoms with Gasteiger partial charge in [-0.25, -0.2) is 4.79 Å². The summed E-state index contributed by atoms with van der Waals surface area (Å²) < 4.78 is 0.824. The first-order chi connectivity index (χ1) is 11.7. The summed E-state index contributed by atoms with van der Waals surface area (Å²) in [7, 11) is 0. The standard InChI is InChI=1S/C20H22BrNO3/c1-20(2,3)15-10-8-13(9-11-15)18(23)22-17(19(24)25)12-14-6-4-5-7-16(14)21/h4-11,17H,12H2,1-3H3,(H,22,23)(H,24,25)/t17-/m0/s1. The van der Waals surface area contributed by atoms with Crippen LogP contribution in [0.1, 0.15) is 42.3 Å². The Balaban J connectivity index is 2.13. The third-order valence-electron chi connectivity index (χ3n) is 4.00. The van der Waals surface area contributed by atoms with Gasteiger partial charge in [0.25, 0.3) is 5.91 Å². The molecule has 1 amide bonds. The van der Waals surface area contributed by atoms with Gasteiger partial charge in [-0.15, -0.1) is 0 Å². The lowest BCUT2D eigenvalue weighted by Crippen LogP contribution is -2.42. The highest BCUT2D eigenvalue weighted by Crippen LogP contribution is 2.22. The number of hydrogen-bond donors (Lipinski definition) is 2. The van der Waals surface area contributed by atoms with Gasteiger partial charge in [0.2, 0.25) is 0 Å². The Morgan fingerprint density at radius 3 is 2.20 bits per heavy atom. The zero-order chi connectivity index (χ0) is 18.6. The molecule has 2 N–H and O–H groups in total. The highest BCUT2D eigenvalue weighted by Gasteiger charge is 2.22. The molecule has 0 radical (unpaired) electrons. The number of benzene rings is 2. The van der Waals surface area contributed by atoms with E-state index < -0.39 is 12.0 Å². The predicted octanol–water partition coefficient (Wildman–Crippen LogP) is 4.17. The van der Waals surface area contributed by atoms with Crippen molar-refractivity contribution in [3.05, 3.63) is 69.7 Å². The number of carboxylic acid groups (broad SMARTS) is 1. The molecular formula is C20H22BrNO3. The van der Waals surface area contributed by atoms with Crippen LogP contribution in [0.15, 0.2) is 53.0 Å². The summed E-state index contributed by atoms with van der Waals surface area (Å²) in [5, 5.41) is 12.0. The van der Waals surface area contributed by atoms with Crippen LogP contribution < -0.4 is 5.32 Å². The smallest absolute Gasteiger partial charge is 0.326 e. The maximum absolute atomic E-state index is 12.4. The van der Waals surface area contributed by atoms with Crippen molar-refractivity contribution in [3.8, 4) is 0 Å². The molecule has 0 aromatic heterocycles. The van der Waals surface area contributed by atoms with Crippen molar-refractivity contribution in [2.24, 2.45) is 0 Å². The van der Waals surface area contributed by atoms with Gasteiger partial charge in [0.15, 0.2) is 0 Å². The SMILES string of the molecule is CC(C)(C)c1ccc(C(=O)N[C@@H](Cc2ccccc2Br)C(=O)O)cc1. The van der Waals surface area contributed by atoms with Crippen molar-refractivity contribution in [2.45, 2.75) is 38.6 Å². The number of carbonyl (C=O) groups is 2. The highest BCUT2D eigenvalue weighted by atomic mass is 79.9. The van der Waals surface area contributed by atoms with Crippen molar-refractivity contribution < 1.29 is 14.7 Å². The second kappa shape index (κ2) is 7.83. The van der Waals surface area contributed by atoms with Gasteiger partial charge in [-0.2, -0.15) is 0 Å². The van der Waals surface area contributed by atoms with Crippen LogP contribution in [0.3, 0.4) is 0 Å². The van der Waals surface area contributed by atoms with Crippen molar-refractivity contribution in [1.82, 2.24) is 5.32 Å². The van der Waals surface area contributed by atoms with Crippen LogP contribution in [0.4, 0.5) is 0 Å². The van der Waals surface area contributed by atoms with E-state index in [2.05, 4.69) is 42.0 Å². The third kappa shape index (κ3) is 5.16.